The van der Waals surface area contributed by atoms with Gasteiger partial charge in [-0.3, -0.25) is 4.79 Å². The molecule has 0 fully saturated rings. The van der Waals surface area contributed by atoms with Crippen molar-refractivity contribution < 1.29 is 24.1 Å². The van der Waals surface area contributed by atoms with Crippen molar-refractivity contribution in [3.05, 3.63) is 23.0 Å². The van der Waals surface area contributed by atoms with Gasteiger partial charge in [0.15, 0.2) is 17.3 Å². The van der Waals surface area contributed by atoms with Crippen LogP contribution in [0.5, 0.6) is 11.5 Å². The molecule has 0 spiro atoms. The van der Waals surface area contributed by atoms with Crippen LogP contribution in [0.15, 0.2) is 6.07 Å². The number of hydrogen-bond acceptors (Lipinski definition) is 4. The molecule has 94 valence electrons. The number of halogens is 1. The van der Waals surface area contributed by atoms with Crippen LogP contribution in [0.1, 0.15) is 23.6 Å². The first kappa shape index (κ1) is 13.2. The fraction of sp³-hybridized carbons (Fsp3) is 0.364. The van der Waals surface area contributed by atoms with Crippen molar-refractivity contribution in [1.82, 2.24) is 0 Å². The van der Waals surface area contributed by atoms with Crippen molar-refractivity contribution in [1.29, 1.82) is 0 Å². The zero-order chi connectivity index (χ0) is 13.2. The smallest absolute Gasteiger partial charge is 0.305 e. The molecule has 0 heterocycles. The minimum absolute atomic E-state index is 0.253. The summed E-state index contributed by atoms with van der Waals surface area (Å²) in [5, 5.41) is 18.3. The van der Waals surface area contributed by atoms with E-state index in [2.05, 4.69) is 0 Å². The largest absolute Gasteiger partial charge is 0.504 e. The van der Waals surface area contributed by atoms with Gasteiger partial charge in [-0.2, -0.15) is 0 Å². The predicted molar refractivity (Wildman–Crippen MR) is 58.5 cm³/mol. The van der Waals surface area contributed by atoms with Crippen LogP contribution in [0.3, 0.4) is 0 Å². The molecule has 0 aromatic heterocycles. The van der Waals surface area contributed by atoms with E-state index < -0.39 is 17.8 Å². The Hall–Kier alpha value is -1.82. The molecule has 0 saturated heterocycles. The second-order valence-corrected chi connectivity index (χ2v) is 3.66. The molecular formula is C11H14FNO4. The van der Waals surface area contributed by atoms with Crippen LogP contribution >= 0.6 is 0 Å². The van der Waals surface area contributed by atoms with Gasteiger partial charge in [-0.05, 0) is 24.1 Å². The highest BCUT2D eigenvalue weighted by molar-refractivity contribution is 5.68. The Morgan fingerprint density at radius 2 is 2.24 bits per heavy atom. The fourth-order valence-corrected chi connectivity index (χ4v) is 1.61. The van der Waals surface area contributed by atoms with Crippen molar-refractivity contribution in [2.24, 2.45) is 5.73 Å². The number of carboxylic acid groups (broad SMARTS) is 1. The summed E-state index contributed by atoms with van der Waals surface area (Å²) in [5.41, 5.74) is 6.20. The minimum atomic E-state index is -1.09. The van der Waals surface area contributed by atoms with Gasteiger partial charge in [0.25, 0.3) is 0 Å². The van der Waals surface area contributed by atoms with Gasteiger partial charge < -0.3 is 20.7 Å². The molecule has 0 saturated carbocycles. The number of carbonyl (C=O) groups is 1. The maximum atomic E-state index is 13.5. The van der Waals surface area contributed by atoms with Crippen LogP contribution in [-0.2, 0) is 4.79 Å². The molecule has 4 N–H and O–H groups in total. The van der Waals surface area contributed by atoms with Gasteiger partial charge in [-0.15, -0.1) is 0 Å². The Balaban J connectivity index is 3.22. The quantitative estimate of drug-likeness (QED) is 0.741. The lowest BCUT2D eigenvalue weighted by Crippen LogP contribution is -2.16. The van der Waals surface area contributed by atoms with Gasteiger partial charge in [0.1, 0.15) is 0 Å². The van der Waals surface area contributed by atoms with Crippen LogP contribution in [-0.4, -0.2) is 23.3 Å². The third kappa shape index (κ3) is 2.65. The van der Waals surface area contributed by atoms with Crippen molar-refractivity contribution in [2.75, 3.05) is 7.11 Å². The number of rotatable bonds is 4. The second kappa shape index (κ2) is 5.01. The van der Waals surface area contributed by atoms with E-state index in [-0.39, 0.29) is 23.5 Å². The summed E-state index contributed by atoms with van der Waals surface area (Å²) in [7, 11) is 1.23. The zero-order valence-electron chi connectivity index (χ0n) is 9.53. The first-order valence-corrected chi connectivity index (χ1v) is 4.91. The van der Waals surface area contributed by atoms with E-state index in [1.165, 1.54) is 14.0 Å². The lowest BCUT2D eigenvalue weighted by Gasteiger charge is -2.16. The molecule has 0 aliphatic rings. The Morgan fingerprint density at radius 1 is 1.65 bits per heavy atom. The summed E-state index contributed by atoms with van der Waals surface area (Å²) in [5.74, 6) is -2.49. The number of benzene rings is 1. The van der Waals surface area contributed by atoms with Crippen LogP contribution in [0.4, 0.5) is 4.39 Å². The molecule has 0 aliphatic heterocycles. The van der Waals surface area contributed by atoms with Crippen molar-refractivity contribution in [2.45, 2.75) is 19.4 Å². The third-order valence-corrected chi connectivity index (χ3v) is 2.50. The maximum absolute atomic E-state index is 13.5. The van der Waals surface area contributed by atoms with Gasteiger partial charge in [-0.25, -0.2) is 4.39 Å². The normalized spacial score (nSPS) is 12.2. The van der Waals surface area contributed by atoms with Crippen LogP contribution in [0, 0.1) is 12.7 Å². The topological polar surface area (TPSA) is 92.8 Å². The number of nitrogens with two attached hydrogens (primary N) is 1. The van der Waals surface area contributed by atoms with Gasteiger partial charge in [0.05, 0.1) is 13.5 Å². The molecule has 0 aliphatic carbocycles. The average molecular weight is 243 g/mol. The van der Waals surface area contributed by atoms with Crippen molar-refractivity contribution in [3.8, 4) is 11.5 Å². The summed E-state index contributed by atoms with van der Waals surface area (Å²) < 4.78 is 18.2. The van der Waals surface area contributed by atoms with Crippen LogP contribution < -0.4 is 10.5 Å². The molecule has 1 unspecified atom stereocenters. The van der Waals surface area contributed by atoms with Gasteiger partial charge in [-0.1, -0.05) is 0 Å². The number of aromatic hydroxyl groups is 1. The molecule has 1 aromatic rings. The van der Waals surface area contributed by atoms with E-state index in [4.69, 9.17) is 15.6 Å². The SMILES string of the molecule is COc1c(F)cc(C(N)CC(=O)O)c(C)c1O. The predicted octanol–water partition coefficient (Wildman–Crippen LogP) is 1.32. The number of aliphatic carboxylic acids is 1. The van der Waals surface area contributed by atoms with Crippen LogP contribution in [0.2, 0.25) is 0 Å². The van der Waals surface area contributed by atoms with E-state index in [9.17, 15) is 14.3 Å². The Kier molecular flexibility index (Phi) is 3.90. The number of hydrogen-bond donors (Lipinski definition) is 3. The van der Waals surface area contributed by atoms with E-state index in [0.29, 0.717) is 5.56 Å². The Morgan fingerprint density at radius 3 is 2.71 bits per heavy atom. The number of phenols is 1. The summed E-state index contributed by atoms with van der Waals surface area (Å²) in [6, 6.07) is 0.209. The van der Waals surface area contributed by atoms with E-state index in [1.807, 2.05) is 0 Å². The maximum Gasteiger partial charge on any atom is 0.305 e. The molecule has 17 heavy (non-hydrogen) atoms. The van der Waals surface area contributed by atoms with Crippen molar-refractivity contribution >= 4 is 5.97 Å². The summed E-state index contributed by atoms with van der Waals surface area (Å²) in [4.78, 5) is 10.5. The molecule has 0 radical (unpaired) electrons. The summed E-state index contributed by atoms with van der Waals surface area (Å²) in [6.07, 6.45) is -0.341. The minimum Gasteiger partial charge on any atom is -0.504 e. The Labute approximate surface area is 97.6 Å². The number of carboxylic acids is 1. The standard InChI is InChI=1S/C11H14FNO4/c1-5-6(8(13)4-9(14)15)3-7(12)11(17-2)10(5)16/h3,8,16H,4,13H2,1-2H3,(H,14,15). The molecule has 5 nitrogen and oxygen atoms in total. The zero-order valence-corrected chi connectivity index (χ0v) is 9.53. The molecule has 1 rings (SSSR count). The summed E-state index contributed by atoms with van der Waals surface area (Å²) in [6.45, 7) is 1.52. The molecule has 0 amide bonds. The third-order valence-electron chi connectivity index (χ3n) is 2.50. The van der Waals surface area contributed by atoms with Gasteiger partial charge in [0.2, 0.25) is 0 Å². The first-order chi connectivity index (χ1) is 7.88. The van der Waals surface area contributed by atoms with Gasteiger partial charge in [0, 0.05) is 6.04 Å². The molecule has 1 atom stereocenters. The van der Waals surface area contributed by atoms with E-state index in [0.717, 1.165) is 6.07 Å². The first-order valence-electron chi connectivity index (χ1n) is 4.91. The number of ether oxygens (including phenoxy) is 1. The molecule has 6 heteroatoms. The Bertz CT molecular complexity index is 448. The second-order valence-electron chi connectivity index (χ2n) is 3.66. The molecular weight excluding hydrogens is 229 g/mol. The number of methoxy groups -OCH3 is 1. The molecule has 0 bridgehead atoms. The van der Waals surface area contributed by atoms with E-state index in [1.54, 1.807) is 0 Å². The van der Waals surface area contributed by atoms with Crippen LogP contribution in [0.25, 0.3) is 0 Å². The van der Waals surface area contributed by atoms with Crippen molar-refractivity contribution in [3.63, 3.8) is 0 Å². The highest BCUT2D eigenvalue weighted by atomic mass is 19.1. The highest BCUT2D eigenvalue weighted by Gasteiger charge is 2.20. The highest BCUT2D eigenvalue weighted by Crippen LogP contribution is 2.36. The summed E-state index contributed by atoms with van der Waals surface area (Å²) >= 11 is 0. The lowest BCUT2D eigenvalue weighted by molar-refractivity contribution is -0.137. The monoisotopic (exact) mass is 243 g/mol. The average Bonchev–Trinajstić information content (AvgIpc) is 2.23. The van der Waals surface area contributed by atoms with E-state index >= 15 is 0 Å². The molecule has 1 aromatic carbocycles. The number of phenolic OH excluding ortho intramolecular Hbond substituents is 1. The fourth-order valence-electron chi connectivity index (χ4n) is 1.61. The van der Waals surface area contributed by atoms with Gasteiger partial charge >= 0.3 is 5.97 Å². The lowest BCUT2D eigenvalue weighted by atomic mass is 9.98.